The molecule has 0 aliphatic carbocycles. The Morgan fingerprint density at radius 2 is 2.31 bits per heavy atom. The number of rotatable bonds is 2. The predicted molar refractivity (Wildman–Crippen MR) is 52.9 cm³/mol. The molecule has 1 amide bonds. The highest BCUT2D eigenvalue weighted by Gasteiger charge is 2.01. The summed E-state index contributed by atoms with van der Waals surface area (Å²) in [5.74, 6) is 0.503. The van der Waals surface area contributed by atoms with E-state index in [0.717, 1.165) is 5.69 Å². The van der Waals surface area contributed by atoms with Gasteiger partial charge in [-0.25, -0.2) is 4.98 Å². The smallest absolute Gasteiger partial charge is 0.225 e. The van der Waals surface area contributed by atoms with Crippen molar-refractivity contribution in [1.82, 2.24) is 4.98 Å². The van der Waals surface area contributed by atoms with Gasteiger partial charge in [-0.1, -0.05) is 18.5 Å². The standard InChI is InChI=1S/C9H11ClN2O/c1-3-9(13)12-8-5-4-7(10)6(2)11-8/h4-5H,3H2,1-2H3,(H,11,12,13). The number of hydrogen-bond acceptors (Lipinski definition) is 2. The fourth-order valence-electron chi connectivity index (χ4n) is 0.845. The summed E-state index contributed by atoms with van der Waals surface area (Å²) in [4.78, 5) is 15.1. The van der Waals surface area contributed by atoms with Gasteiger partial charge in [-0.15, -0.1) is 0 Å². The highest BCUT2D eigenvalue weighted by atomic mass is 35.5. The lowest BCUT2D eigenvalue weighted by Crippen LogP contribution is -2.10. The number of carbonyl (C=O) groups is 1. The lowest BCUT2D eigenvalue weighted by Gasteiger charge is -2.03. The normalized spacial score (nSPS) is 9.77. The minimum atomic E-state index is -0.0470. The Labute approximate surface area is 82.1 Å². The average Bonchev–Trinajstić information content (AvgIpc) is 2.11. The summed E-state index contributed by atoms with van der Waals surface area (Å²) in [6.45, 7) is 3.59. The molecule has 0 saturated carbocycles. The molecule has 1 rings (SSSR count). The first-order valence-corrected chi connectivity index (χ1v) is 4.44. The summed E-state index contributed by atoms with van der Waals surface area (Å²) in [5.41, 5.74) is 0.718. The minimum Gasteiger partial charge on any atom is -0.311 e. The van der Waals surface area contributed by atoms with Gasteiger partial charge in [0.2, 0.25) is 5.91 Å². The van der Waals surface area contributed by atoms with Crippen LogP contribution in [0.1, 0.15) is 19.0 Å². The molecule has 1 N–H and O–H groups in total. The summed E-state index contributed by atoms with van der Waals surface area (Å²) >= 11 is 5.78. The number of anilines is 1. The van der Waals surface area contributed by atoms with Crippen molar-refractivity contribution in [2.45, 2.75) is 20.3 Å². The molecule has 0 atom stereocenters. The third kappa shape index (κ3) is 2.70. The molecular weight excluding hydrogens is 188 g/mol. The van der Waals surface area contributed by atoms with Crippen molar-refractivity contribution < 1.29 is 4.79 Å². The van der Waals surface area contributed by atoms with Crippen LogP contribution in [0.25, 0.3) is 0 Å². The Bertz CT molecular complexity index is 325. The Hall–Kier alpha value is -1.09. The van der Waals surface area contributed by atoms with Crippen LogP contribution in [0.4, 0.5) is 5.82 Å². The lowest BCUT2D eigenvalue weighted by molar-refractivity contribution is -0.115. The molecule has 1 aromatic heterocycles. The topological polar surface area (TPSA) is 42.0 Å². The minimum absolute atomic E-state index is 0.0470. The number of aryl methyl sites for hydroxylation is 1. The fraction of sp³-hybridized carbons (Fsp3) is 0.333. The molecule has 0 aromatic carbocycles. The van der Waals surface area contributed by atoms with E-state index < -0.39 is 0 Å². The van der Waals surface area contributed by atoms with Gasteiger partial charge in [0.25, 0.3) is 0 Å². The number of nitrogens with one attached hydrogen (secondary N) is 1. The van der Waals surface area contributed by atoms with E-state index in [1.54, 1.807) is 26.0 Å². The summed E-state index contributed by atoms with van der Waals surface area (Å²) < 4.78 is 0. The van der Waals surface area contributed by atoms with Crippen molar-refractivity contribution in [3.63, 3.8) is 0 Å². The molecule has 3 nitrogen and oxygen atoms in total. The van der Waals surface area contributed by atoms with Crippen molar-refractivity contribution in [2.75, 3.05) is 5.32 Å². The molecule has 0 saturated heterocycles. The molecule has 0 spiro atoms. The van der Waals surface area contributed by atoms with Gasteiger partial charge >= 0.3 is 0 Å². The van der Waals surface area contributed by atoms with Gasteiger partial charge in [-0.2, -0.15) is 0 Å². The Morgan fingerprint density at radius 1 is 1.62 bits per heavy atom. The molecule has 0 aliphatic heterocycles. The molecule has 0 bridgehead atoms. The first-order chi connectivity index (χ1) is 6.13. The highest BCUT2D eigenvalue weighted by Crippen LogP contribution is 2.15. The Kier molecular flexibility index (Phi) is 3.25. The maximum Gasteiger partial charge on any atom is 0.225 e. The molecule has 0 aliphatic rings. The van der Waals surface area contributed by atoms with E-state index >= 15 is 0 Å². The van der Waals surface area contributed by atoms with E-state index in [2.05, 4.69) is 10.3 Å². The van der Waals surface area contributed by atoms with Crippen LogP contribution in [0, 0.1) is 6.92 Å². The molecule has 4 heteroatoms. The number of halogens is 1. The summed E-state index contributed by atoms with van der Waals surface area (Å²) in [6.07, 6.45) is 0.448. The summed E-state index contributed by atoms with van der Waals surface area (Å²) in [7, 11) is 0. The largest absolute Gasteiger partial charge is 0.311 e. The van der Waals surface area contributed by atoms with Gasteiger partial charge < -0.3 is 5.32 Å². The van der Waals surface area contributed by atoms with E-state index in [1.807, 2.05) is 0 Å². The summed E-state index contributed by atoms with van der Waals surface area (Å²) in [5, 5.41) is 3.26. The lowest BCUT2D eigenvalue weighted by atomic mass is 10.3. The van der Waals surface area contributed by atoms with E-state index in [0.29, 0.717) is 17.3 Å². The number of amides is 1. The fourth-order valence-corrected chi connectivity index (χ4v) is 0.950. The molecular formula is C9H11ClN2O. The first-order valence-electron chi connectivity index (χ1n) is 4.06. The Morgan fingerprint density at radius 3 is 2.85 bits per heavy atom. The maximum absolute atomic E-state index is 11.0. The third-order valence-corrected chi connectivity index (χ3v) is 2.01. The van der Waals surface area contributed by atoms with Crippen LogP contribution >= 0.6 is 11.6 Å². The van der Waals surface area contributed by atoms with Gasteiger partial charge in [-0.05, 0) is 19.1 Å². The van der Waals surface area contributed by atoms with Crippen LogP contribution in [-0.4, -0.2) is 10.9 Å². The molecule has 70 valence electrons. The van der Waals surface area contributed by atoms with Crippen LogP contribution in [-0.2, 0) is 4.79 Å². The van der Waals surface area contributed by atoms with Gasteiger partial charge in [0, 0.05) is 6.42 Å². The number of pyridine rings is 1. The zero-order valence-corrected chi connectivity index (χ0v) is 8.35. The second kappa shape index (κ2) is 4.23. The molecule has 1 heterocycles. The zero-order chi connectivity index (χ0) is 9.84. The van der Waals surface area contributed by atoms with Crippen LogP contribution in [0.3, 0.4) is 0 Å². The van der Waals surface area contributed by atoms with Crippen LogP contribution in [0.15, 0.2) is 12.1 Å². The quantitative estimate of drug-likeness (QED) is 0.793. The van der Waals surface area contributed by atoms with Gasteiger partial charge in [0.15, 0.2) is 0 Å². The average molecular weight is 199 g/mol. The van der Waals surface area contributed by atoms with Crippen molar-refractivity contribution in [3.8, 4) is 0 Å². The van der Waals surface area contributed by atoms with E-state index in [1.165, 1.54) is 0 Å². The van der Waals surface area contributed by atoms with Crippen molar-refractivity contribution >= 4 is 23.3 Å². The third-order valence-electron chi connectivity index (χ3n) is 1.61. The summed E-state index contributed by atoms with van der Waals surface area (Å²) in [6, 6.07) is 3.40. The van der Waals surface area contributed by atoms with Gasteiger partial charge in [-0.3, -0.25) is 4.79 Å². The SMILES string of the molecule is CCC(=O)Nc1ccc(Cl)c(C)n1. The van der Waals surface area contributed by atoms with Gasteiger partial charge in [0.1, 0.15) is 5.82 Å². The number of nitrogens with zero attached hydrogens (tertiary/aromatic N) is 1. The highest BCUT2D eigenvalue weighted by molar-refractivity contribution is 6.31. The van der Waals surface area contributed by atoms with Crippen molar-refractivity contribution in [2.24, 2.45) is 0 Å². The zero-order valence-electron chi connectivity index (χ0n) is 7.60. The van der Waals surface area contributed by atoms with Crippen LogP contribution in [0.5, 0.6) is 0 Å². The van der Waals surface area contributed by atoms with E-state index in [9.17, 15) is 4.79 Å². The molecule has 0 fully saturated rings. The predicted octanol–water partition coefficient (Wildman–Crippen LogP) is 2.39. The van der Waals surface area contributed by atoms with Crippen LogP contribution < -0.4 is 5.32 Å². The first kappa shape index (κ1) is 9.99. The van der Waals surface area contributed by atoms with E-state index in [4.69, 9.17) is 11.6 Å². The number of aromatic nitrogens is 1. The second-order valence-corrected chi connectivity index (χ2v) is 3.07. The molecule has 1 aromatic rings. The van der Waals surface area contributed by atoms with Crippen molar-refractivity contribution in [3.05, 3.63) is 22.8 Å². The van der Waals surface area contributed by atoms with E-state index in [-0.39, 0.29) is 5.91 Å². The second-order valence-electron chi connectivity index (χ2n) is 2.67. The maximum atomic E-state index is 11.0. The van der Waals surface area contributed by atoms with Crippen molar-refractivity contribution in [1.29, 1.82) is 0 Å². The van der Waals surface area contributed by atoms with Gasteiger partial charge in [0.05, 0.1) is 10.7 Å². The Balaban J connectivity index is 2.79. The molecule has 0 radical (unpaired) electrons. The molecule has 13 heavy (non-hydrogen) atoms. The van der Waals surface area contributed by atoms with Crippen LogP contribution in [0.2, 0.25) is 5.02 Å². The monoisotopic (exact) mass is 198 g/mol. The molecule has 0 unspecified atom stereocenters. The number of carbonyl (C=O) groups excluding carboxylic acids is 1. The number of hydrogen-bond donors (Lipinski definition) is 1.